The van der Waals surface area contributed by atoms with E-state index in [9.17, 15) is 5.11 Å². The summed E-state index contributed by atoms with van der Waals surface area (Å²) in [6.07, 6.45) is 6.93. The summed E-state index contributed by atoms with van der Waals surface area (Å²) >= 11 is 0. The van der Waals surface area contributed by atoms with Gasteiger partial charge in [-0.1, -0.05) is 37.5 Å². The van der Waals surface area contributed by atoms with Crippen LogP contribution in [0, 0.1) is 12.8 Å². The minimum atomic E-state index is 0.448. The number of hydrogen-bond acceptors (Lipinski definition) is 2. The number of hydrogen-bond donors (Lipinski definition) is 2. The monoisotopic (exact) mass is 233 g/mol. The Hall–Kier alpha value is -1.02. The van der Waals surface area contributed by atoms with Crippen LogP contribution >= 0.6 is 0 Å². The Labute approximate surface area is 104 Å². The van der Waals surface area contributed by atoms with Crippen LogP contribution in [-0.4, -0.2) is 11.7 Å². The van der Waals surface area contributed by atoms with E-state index in [1.54, 1.807) is 0 Å². The van der Waals surface area contributed by atoms with Gasteiger partial charge < -0.3 is 10.4 Å². The highest BCUT2D eigenvalue weighted by molar-refractivity contribution is 5.39. The van der Waals surface area contributed by atoms with Gasteiger partial charge in [-0.05, 0) is 37.8 Å². The lowest BCUT2D eigenvalue weighted by Gasteiger charge is -2.22. The van der Waals surface area contributed by atoms with Crippen LogP contribution in [-0.2, 0) is 6.54 Å². The van der Waals surface area contributed by atoms with E-state index in [0.717, 1.165) is 30.1 Å². The van der Waals surface area contributed by atoms with Crippen LogP contribution in [0.4, 0.5) is 0 Å². The van der Waals surface area contributed by atoms with Crippen LogP contribution in [0.5, 0.6) is 5.75 Å². The second-order valence-corrected chi connectivity index (χ2v) is 5.22. The highest BCUT2D eigenvalue weighted by Crippen LogP contribution is 2.24. The van der Waals surface area contributed by atoms with Crippen molar-refractivity contribution < 1.29 is 5.11 Å². The second kappa shape index (κ2) is 6.06. The zero-order valence-electron chi connectivity index (χ0n) is 10.7. The fourth-order valence-electron chi connectivity index (χ4n) is 2.66. The molecule has 1 saturated carbocycles. The Morgan fingerprint density at radius 2 is 2.00 bits per heavy atom. The molecule has 2 N–H and O–H groups in total. The molecule has 0 saturated heterocycles. The number of phenolic OH excluding ortho intramolecular Hbond substituents is 1. The maximum Gasteiger partial charge on any atom is 0.122 e. The predicted octanol–water partition coefficient (Wildman–Crippen LogP) is 3.37. The first-order valence-corrected chi connectivity index (χ1v) is 6.75. The van der Waals surface area contributed by atoms with Crippen molar-refractivity contribution in [2.45, 2.75) is 45.6 Å². The highest BCUT2D eigenvalue weighted by Gasteiger charge is 2.12. The molecule has 1 aromatic carbocycles. The number of aromatic hydroxyl groups is 1. The smallest absolute Gasteiger partial charge is 0.122 e. The van der Waals surface area contributed by atoms with Crippen LogP contribution in [0.3, 0.4) is 0 Å². The van der Waals surface area contributed by atoms with Gasteiger partial charge in [0.05, 0.1) is 0 Å². The molecule has 2 nitrogen and oxygen atoms in total. The van der Waals surface area contributed by atoms with Crippen molar-refractivity contribution in [1.82, 2.24) is 5.32 Å². The van der Waals surface area contributed by atoms with Gasteiger partial charge in [0.15, 0.2) is 0 Å². The molecule has 0 spiro atoms. The third-order valence-electron chi connectivity index (χ3n) is 3.79. The van der Waals surface area contributed by atoms with E-state index in [1.807, 2.05) is 25.1 Å². The molecular formula is C15H23NO. The van der Waals surface area contributed by atoms with Crippen molar-refractivity contribution >= 4 is 0 Å². The van der Waals surface area contributed by atoms with Crippen LogP contribution in [0.2, 0.25) is 0 Å². The number of aryl methyl sites for hydroxylation is 1. The van der Waals surface area contributed by atoms with Gasteiger partial charge in [-0.2, -0.15) is 0 Å². The average Bonchev–Trinajstić information content (AvgIpc) is 2.36. The van der Waals surface area contributed by atoms with Crippen molar-refractivity contribution in [3.05, 3.63) is 29.3 Å². The molecule has 0 heterocycles. The van der Waals surface area contributed by atoms with E-state index in [0.29, 0.717) is 5.75 Å². The Balaban J connectivity index is 1.79. The fourth-order valence-corrected chi connectivity index (χ4v) is 2.66. The summed E-state index contributed by atoms with van der Waals surface area (Å²) in [5, 5.41) is 13.4. The van der Waals surface area contributed by atoms with E-state index in [2.05, 4.69) is 5.32 Å². The minimum Gasteiger partial charge on any atom is -0.507 e. The van der Waals surface area contributed by atoms with Gasteiger partial charge >= 0.3 is 0 Å². The number of phenols is 1. The van der Waals surface area contributed by atoms with Crippen molar-refractivity contribution in [2.24, 2.45) is 5.92 Å². The quantitative estimate of drug-likeness (QED) is 0.835. The molecule has 0 unspecified atom stereocenters. The molecule has 0 aromatic heterocycles. The first-order valence-electron chi connectivity index (χ1n) is 6.75. The molecule has 1 aromatic rings. The lowest BCUT2D eigenvalue weighted by atomic mass is 9.89. The highest BCUT2D eigenvalue weighted by atomic mass is 16.3. The molecular weight excluding hydrogens is 210 g/mol. The fraction of sp³-hybridized carbons (Fsp3) is 0.600. The summed E-state index contributed by atoms with van der Waals surface area (Å²) in [4.78, 5) is 0. The molecule has 0 atom stereocenters. The standard InChI is InChI=1S/C15H23NO/c1-12-6-5-9-14(15(12)17)11-16-10-13-7-3-2-4-8-13/h5-6,9,13,16-17H,2-4,7-8,10-11H2,1H3. The number of rotatable bonds is 4. The lowest BCUT2D eigenvalue weighted by Crippen LogP contribution is -2.24. The van der Waals surface area contributed by atoms with E-state index >= 15 is 0 Å². The van der Waals surface area contributed by atoms with E-state index in [4.69, 9.17) is 0 Å². The maximum atomic E-state index is 9.89. The molecule has 94 valence electrons. The SMILES string of the molecule is Cc1cccc(CNCC2CCCCC2)c1O. The zero-order chi connectivity index (χ0) is 12.1. The third kappa shape index (κ3) is 3.47. The van der Waals surface area contributed by atoms with Crippen LogP contribution < -0.4 is 5.32 Å². The lowest BCUT2D eigenvalue weighted by molar-refractivity contribution is 0.341. The van der Waals surface area contributed by atoms with E-state index < -0.39 is 0 Å². The van der Waals surface area contributed by atoms with Gasteiger partial charge in [0, 0.05) is 12.1 Å². The van der Waals surface area contributed by atoms with Gasteiger partial charge in [0.25, 0.3) is 0 Å². The Kier molecular flexibility index (Phi) is 4.43. The van der Waals surface area contributed by atoms with Crippen molar-refractivity contribution in [1.29, 1.82) is 0 Å². The summed E-state index contributed by atoms with van der Waals surface area (Å²) in [7, 11) is 0. The largest absolute Gasteiger partial charge is 0.507 e. The van der Waals surface area contributed by atoms with Gasteiger partial charge in [0.2, 0.25) is 0 Å². The zero-order valence-corrected chi connectivity index (χ0v) is 10.7. The minimum absolute atomic E-state index is 0.448. The van der Waals surface area contributed by atoms with Crippen LogP contribution in [0.1, 0.15) is 43.2 Å². The molecule has 0 bridgehead atoms. The van der Waals surface area contributed by atoms with Gasteiger partial charge in [0.1, 0.15) is 5.75 Å². The molecule has 17 heavy (non-hydrogen) atoms. The normalized spacial score (nSPS) is 17.2. The van der Waals surface area contributed by atoms with Crippen molar-refractivity contribution in [3.63, 3.8) is 0 Å². The van der Waals surface area contributed by atoms with Gasteiger partial charge in [-0.3, -0.25) is 0 Å². The molecule has 0 radical (unpaired) electrons. The Morgan fingerprint density at radius 1 is 1.24 bits per heavy atom. The number of benzene rings is 1. The van der Waals surface area contributed by atoms with Crippen LogP contribution in [0.15, 0.2) is 18.2 Å². The molecule has 0 amide bonds. The van der Waals surface area contributed by atoms with E-state index in [1.165, 1.54) is 32.1 Å². The van der Waals surface area contributed by atoms with Crippen molar-refractivity contribution in [2.75, 3.05) is 6.54 Å². The van der Waals surface area contributed by atoms with Gasteiger partial charge in [-0.25, -0.2) is 0 Å². The van der Waals surface area contributed by atoms with Crippen molar-refractivity contribution in [3.8, 4) is 5.75 Å². The Morgan fingerprint density at radius 3 is 2.76 bits per heavy atom. The first-order chi connectivity index (χ1) is 8.27. The summed E-state index contributed by atoms with van der Waals surface area (Å²) in [5.74, 6) is 1.29. The summed E-state index contributed by atoms with van der Waals surface area (Å²) < 4.78 is 0. The van der Waals surface area contributed by atoms with Crippen LogP contribution in [0.25, 0.3) is 0 Å². The van der Waals surface area contributed by atoms with E-state index in [-0.39, 0.29) is 0 Å². The summed E-state index contributed by atoms with van der Waals surface area (Å²) in [6.45, 7) is 3.82. The third-order valence-corrected chi connectivity index (χ3v) is 3.79. The molecule has 2 heteroatoms. The topological polar surface area (TPSA) is 32.3 Å². The number of nitrogens with one attached hydrogen (secondary N) is 1. The molecule has 1 fully saturated rings. The molecule has 0 aliphatic heterocycles. The summed E-state index contributed by atoms with van der Waals surface area (Å²) in [6, 6.07) is 5.95. The molecule has 1 aliphatic rings. The second-order valence-electron chi connectivity index (χ2n) is 5.22. The number of para-hydroxylation sites is 1. The predicted molar refractivity (Wildman–Crippen MR) is 71.1 cm³/mol. The first kappa shape index (κ1) is 12.4. The average molecular weight is 233 g/mol. The molecule has 2 rings (SSSR count). The molecule has 1 aliphatic carbocycles. The summed E-state index contributed by atoms with van der Waals surface area (Å²) in [5.41, 5.74) is 1.97. The maximum absolute atomic E-state index is 9.89. The Bertz CT molecular complexity index is 356. The van der Waals surface area contributed by atoms with Gasteiger partial charge in [-0.15, -0.1) is 0 Å².